The quantitative estimate of drug-likeness (QED) is 0.597. The monoisotopic (exact) mass is 297 g/mol. The van der Waals surface area contributed by atoms with E-state index in [4.69, 9.17) is 5.84 Å². The molecule has 0 radical (unpaired) electrons. The van der Waals surface area contributed by atoms with E-state index < -0.39 is 11.7 Å². The van der Waals surface area contributed by atoms with Crippen molar-refractivity contribution >= 4 is 11.6 Å². The molecule has 1 aromatic heterocycles. The van der Waals surface area contributed by atoms with E-state index in [1.54, 1.807) is 6.92 Å². The minimum absolute atomic E-state index is 0.347. The van der Waals surface area contributed by atoms with Crippen LogP contribution in [0.1, 0.15) is 16.7 Å². The van der Waals surface area contributed by atoms with Crippen molar-refractivity contribution in [1.82, 2.24) is 9.97 Å². The van der Waals surface area contributed by atoms with Crippen LogP contribution in [-0.2, 0) is 12.7 Å². The van der Waals surface area contributed by atoms with E-state index >= 15 is 0 Å². The number of halogens is 3. The molecule has 0 saturated carbocycles. The average Bonchev–Trinajstić information content (AvgIpc) is 2.46. The van der Waals surface area contributed by atoms with Gasteiger partial charge in [0, 0.05) is 12.1 Å². The molecule has 5 nitrogen and oxygen atoms in total. The van der Waals surface area contributed by atoms with Crippen LogP contribution < -0.4 is 16.6 Å². The summed E-state index contributed by atoms with van der Waals surface area (Å²) in [5.41, 5.74) is 3.21. The summed E-state index contributed by atoms with van der Waals surface area (Å²) in [5.74, 6) is 6.36. The van der Waals surface area contributed by atoms with Gasteiger partial charge in [-0.2, -0.15) is 13.2 Å². The van der Waals surface area contributed by atoms with E-state index in [0.29, 0.717) is 23.7 Å². The maximum absolute atomic E-state index is 12.5. The summed E-state index contributed by atoms with van der Waals surface area (Å²) in [6.07, 6.45) is -2.98. The number of anilines is 2. The topological polar surface area (TPSA) is 75.9 Å². The fourth-order valence-corrected chi connectivity index (χ4v) is 1.77. The van der Waals surface area contributed by atoms with Crippen LogP contribution in [0.25, 0.3) is 0 Å². The Labute approximate surface area is 119 Å². The van der Waals surface area contributed by atoms with Crippen molar-refractivity contribution in [1.29, 1.82) is 0 Å². The molecule has 1 heterocycles. The van der Waals surface area contributed by atoms with Gasteiger partial charge in [0.2, 0.25) is 0 Å². The summed E-state index contributed by atoms with van der Waals surface area (Å²) < 4.78 is 37.4. The minimum Gasteiger partial charge on any atom is -0.366 e. The summed E-state index contributed by atoms with van der Waals surface area (Å²) in [5, 5.41) is 3.03. The first kappa shape index (κ1) is 15.0. The Morgan fingerprint density at radius 1 is 1.10 bits per heavy atom. The van der Waals surface area contributed by atoms with Crippen molar-refractivity contribution in [3.63, 3.8) is 0 Å². The van der Waals surface area contributed by atoms with Crippen LogP contribution in [0, 0.1) is 6.92 Å². The number of aromatic nitrogens is 2. The second-order valence-corrected chi connectivity index (χ2v) is 4.39. The van der Waals surface area contributed by atoms with Gasteiger partial charge in [-0.1, -0.05) is 12.1 Å². The molecule has 21 heavy (non-hydrogen) atoms. The van der Waals surface area contributed by atoms with Gasteiger partial charge in [-0.25, -0.2) is 15.8 Å². The summed E-state index contributed by atoms with van der Waals surface area (Å²) in [7, 11) is 0. The van der Waals surface area contributed by atoms with Gasteiger partial charge in [0.25, 0.3) is 0 Å². The standard InChI is InChI=1S/C13H14F3N5/c1-8-11(19-7-20-12(8)21-17)18-6-9-2-4-10(5-3-9)13(14,15)16/h2-5,7H,6,17H2,1H3,(H2,18,19,20,21). The third-order valence-corrected chi connectivity index (χ3v) is 2.96. The van der Waals surface area contributed by atoms with E-state index in [0.717, 1.165) is 17.7 Å². The second kappa shape index (κ2) is 5.96. The van der Waals surface area contributed by atoms with Crippen LogP contribution in [0.3, 0.4) is 0 Å². The van der Waals surface area contributed by atoms with E-state index in [1.807, 2.05) is 0 Å². The Kier molecular flexibility index (Phi) is 4.27. The highest BCUT2D eigenvalue weighted by molar-refractivity contribution is 5.55. The number of benzene rings is 1. The zero-order chi connectivity index (χ0) is 15.5. The molecule has 0 aliphatic heterocycles. The molecule has 0 aliphatic carbocycles. The number of nitrogens with two attached hydrogens (primary N) is 1. The van der Waals surface area contributed by atoms with Gasteiger partial charge >= 0.3 is 6.18 Å². The third kappa shape index (κ3) is 3.60. The number of nitrogen functional groups attached to an aromatic ring is 1. The highest BCUT2D eigenvalue weighted by Crippen LogP contribution is 2.29. The van der Waals surface area contributed by atoms with E-state index in [9.17, 15) is 13.2 Å². The van der Waals surface area contributed by atoms with Gasteiger partial charge in [-0.3, -0.25) is 0 Å². The largest absolute Gasteiger partial charge is 0.416 e. The zero-order valence-electron chi connectivity index (χ0n) is 11.2. The molecule has 2 aromatic rings. The maximum Gasteiger partial charge on any atom is 0.416 e. The Balaban J connectivity index is 2.07. The Bertz CT molecular complexity index is 610. The van der Waals surface area contributed by atoms with Gasteiger partial charge in [-0.05, 0) is 24.6 Å². The molecule has 4 N–H and O–H groups in total. The lowest BCUT2D eigenvalue weighted by atomic mass is 10.1. The molecule has 8 heteroatoms. The zero-order valence-corrected chi connectivity index (χ0v) is 11.2. The second-order valence-electron chi connectivity index (χ2n) is 4.39. The van der Waals surface area contributed by atoms with Gasteiger partial charge in [0.05, 0.1) is 5.56 Å². The molecule has 1 aromatic carbocycles. The van der Waals surface area contributed by atoms with Gasteiger partial charge < -0.3 is 10.7 Å². The highest BCUT2D eigenvalue weighted by atomic mass is 19.4. The molecule has 0 bridgehead atoms. The number of alkyl halides is 3. The number of hydrogen-bond acceptors (Lipinski definition) is 5. The van der Waals surface area contributed by atoms with Crippen molar-refractivity contribution in [2.24, 2.45) is 5.84 Å². The highest BCUT2D eigenvalue weighted by Gasteiger charge is 2.29. The molecule has 0 fully saturated rings. The predicted molar refractivity (Wildman–Crippen MR) is 73.3 cm³/mol. The number of rotatable bonds is 4. The Hall–Kier alpha value is -2.35. The smallest absolute Gasteiger partial charge is 0.366 e. The lowest BCUT2D eigenvalue weighted by molar-refractivity contribution is -0.137. The van der Waals surface area contributed by atoms with Crippen LogP contribution in [0.4, 0.5) is 24.8 Å². The summed E-state index contributed by atoms with van der Waals surface area (Å²) >= 11 is 0. The maximum atomic E-state index is 12.5. The molecule has 112 valence electrons. The fourth-order valence-electron chi connectivity index (χ4n) is 1.77. The molecular weight excluding hydrogens is 283 g/mol. The average molecular weight is 297 g/mol. The van der Waals surface area contributed by atoms with E-state index in [-0.39, 0.29) is 0 Å². The lowest BCUT2D eigenvalue weighted by Crippen LogP contribution is -2.12. The molecule has 0 atom stereocenters. The Morgan fingerprint density at radius 3 is 2.29 bits per heavy atom. The number of nitrogens with zero attached hydrogens (tertiary/aromatic N) is 2. The molecule has 0 aliphatic rings. The first-order chi connectivity index (χ1) is 9.91. The number of nitrogens with one attached hydrogen (secondary N) is 2. The molecule has 0 unspecified atom stereocenters. The van der Waals surface area contributed by atoms with Gasteiger partial charge in [-0.15, -0.1) is 0 Å². The van der Waals surface area contributed by atoms with Crippen LogP contribution >= 0.6 is 0 Å². The minimum atomic E-state index is -4.32. The van der Waals surface area contributed by atoms with Crippen molar-refractivity contribution in [2.75, 3.05) is 10.7 Å². The molecule has 0 saturated heterocycles. The number of hydrogen-bond donors (Lipinski definition) is 3. The van der Waals surface area contributed by atoms with E-state index in [2.05, 4.69) is 20.7 Å². The van der Waals surface area contributed by atoms with Crippen LogP contribution in [-0.4, -0.2) is 9.97 Å². The SMILES string of the molecule is Cc1c(NN)ncnc1NCc1ccc(C(F)(F)F)cc1. The Morgan fingerprint density at radius 2 is 1.71 bits per heavy atom. The summed E-state index contributed by atoms with van der Waals surface area (Å²) in [6.45, 7) is 2.13. The molecule has 0 spiro atoms. The van der Waals surface area contributed by atoms with Crippen LogP contribution in [0.15, 0.2) is 30.6 Å². The summed E-state index contributed by atoms with van der Waals surface area (Å²) in [6, 6.07) is 4.95. The van der Waals surface area contributed by atoms with Gasteiger partial charge in [0.15, 0.2) is 0 Å². The van der Waals surface area contributed by atoms with Crippen molar-refractivity contribution in [3.8, 4) is 0 Å². The van der Waals surface area contributed by atoms with Crippen molar-refractivity contribution < 1.29 is 13.2 Å². The lowest BCUT2D eigenvalue weighted by Gasteiger charge is -2.11. The molecule has 0 amide bonds. The fraction of sp³-hybridized carbons (Fsp3) is 0.231. The van der Waals surface area contributed by atoms with Gasteiger partial charge in [0.1, 0.15) is 18.0 Å². The molecular formula is C13H14F3N5. The predicted octanol–water partition coefficient (Wildman–Crippen LogP) is 2.70. The molecule has 2 rings (SSSR count). The normalized spacial score (nSPS) is 11.3. The van der Waals surface area contributed by atoms with Crippen molar-refractivity contribution in [2.45, 2.75) is 19.6 Å². The first-order valence-electron chi connectivity index (χ1n) is 6.10. The van der Waals surface area contributed by atoms with E-state index in [1.165, 1.54) is 18.5 Å². The van der Waals surface area contributed by atoms with Crippen LogP contribution in [0.5, 0.6) is 0 Å². The first-order valence-corrected chi connectivity index (χ1v) is 6.10. The number of hydrazine groups is 1. The third-order valence-electron chi connectivity index (χ3n) is 2.96. The van der Waals surface area contributed by atoms with Crippen LogP contribution in [0.2, 0.25) is 0 Å². The van der Waals surface area contributed by atoms with Crippen molar-refractivity contribution in [3.05, 3.63) is 47.3 Å². The summed E-state index contributed by atoms with van der Waals surface area (Å²) in [4.78, 5) is 8.00.